The van der Waals surface area contributed by atoms with Crippen molar-refractivity contribution in [1.82, 2.24) is 20.0 Å². The average Bonchev–Trinajstić information content (AvgIpc) is 2.78. The second-order valence-electron chi connectivity index (χ2n) is 5.18. The van der Waals surface area contributed by atoms with Gasteiger partial charge in [0.25, 0.3) is 0 Å². The third kappa shape index (κ3) is 2.87. The number of aromatic nitrogens is 2. The van der Waals surface area contributed by atoms with E-state index in [1.165, 1.54) is 25.1 Å². The van der Waals surface area contributed by atoms with Gasteiger partial charge in [-0.3, -0.25) is 9.58 Å². The highest BCUT2D eigenvalue weighted by molar-refractivity contribution is 5.02. The lowest BCUT2D eigenvalue weighted by atomic mass is 10.0. The SMILES string of the molecule is CNCc1ccnn1C1CCCN(C(C)C)C1. The molecule has 0 amide bonds. The standard InChI is InChI=1S/C13H24N4/c1-11(2)16-8-4-5-13(10-16)17-12(9-14-3)6-7-15-17/h6-7,11,13-14H,4-5,8-10H2,1-3H3. The van der Waals surface area contributed by atoms with Crippen molar-refractivity contribution in [3.8, 4) is 0 Å². The van der Waals surface area contributed by atoms with E-state index in [2.05, 4.69) is 39.9 Å². The van der Waals surface area contributed by atoms with Crippen molar-refractivity contribution >= 4 is 0 Å². The van der Waals surface area contributed by atoms with E-state index in [9.17, 15) is 0 Å². The summed E-state index contributed by atoms with van der Waals surface area (Å²) in [4.78, 5) is 2.55. The highest BCUT2D eigenvalue weighted by atomic mass is 15.3. The largest absolute Gasteiger partial charge is 0.314 e. The van der Waals surface area contributed by atoms with Crippen LogP contribution < -0.4 is 5.32 Å². The van der Waals surface area contributed by atoms with Crippen molar-refractivity contribution in [2.45, 2.75) is 45.3 Å². The first-order valence-corrected chi connectivity index (χ1v) is 6.63. The molecule has 2 rings (SSSR count). The van der Waals surface area contributed by atoms with E-state index in [1.807, 2.05) is 13.2 Å². The second kappa shape index (κ2) is 5.65. The minimum atomic E-state index is 0.546. The van der Waals surface area contributed by atoms with Gasteiger partial charge in [-0.05, 0) is 46.3 Å². The van der Waals surface area contributed by atoms with Gasteiger partial charge in [0.15, 0.2) is 0 Å². The number of likely N-dealkylation sites (tertiary alicyclic amines) is 1. The minimum absolute atomic E-state index is 0.546. The van der Waals surface area contributed by atoms with Gasteiger partial charge in [0.2, 0.25) is 0 Å². The summed E-state index contributed by atoms with van der Waals surface area (Å²) in [6.45, 7) is 7.82. The normalized spacial score (nSPS) is 22.2. The third-order valence-electron chi connectivity index (χ3n) is 3.61. The number of rotatable bonds is 4. The molecule has 1 unspecified atom stereocenters. The highest BCUT2D eigenvalue weighted by Crippen LogP contribution is 2.23. The van der Waals surface area contributed by atoms with Crippen molar-refractivity contribution in [1.29, 1.82) is 0 Å². The van der Waals surface area contributed by atoms with Crippen LogP contribution in [0.2, 0.25) is 0 Å². The maximum Gasteiger partial charge on any atom is 0.0650 e. The Hall–Kier alpha value is -0.870. The maximum absolute atomic E-state index is 4.50. The summed E-state index contributed by atoms with van der Waals surface area (Å²) in [5.41, 5.74) is 1.29. The predicted octanol–water partition coefficient (Wildman–Crippen LogP) is 1.65. The van der Waals surface area contributed by atoms with E-state index in [-0.39, 0.29) is 0 Å². The Kier molecular flexibility index (Phi) is 4.18. The van der Waals surface area contributed by atoms with E-state index < -0.39 is 0 Å². The van der Waals surface area contributed by atoms with Crippen LogP contribution in [0.15, 0.2) is 12.3 Å². The summed E-state index contributed by atoms with van der Waals surface area (Å²) >= 11 is 0. The molecule has 4 nitrogen and oxygen atoms in total. The Morgan fingerprint density at radius 1 is 1.53 bits per heavy atom. The Balaban J connectivity index is 2.08. The fraction of sp³-hybridized carbons (Fsp3) is 0.769. The zero-order valence-electron chi connectivity index (χ0n) is 11.2. The molecule has 1 atom stereocenters. The van der Waals surface area contributed by atoms with Crippen molar-refractivity contribution in [3.63, 3.8) is 0 Å². The zero-order valence-corrected chi connectivity index (χ0v) is 11.2. The Morgan fingerprint density at radius 2 is 2.35 bits per heavy atom. The molecule has 1 saturated heterocycles. The topological polar surface area (TPSA) is 33.1 Å². The molecule has 0 aliphatic carbocycles. The summed E-state index contributed by atoms with van der Waals surface area (Å²) in [6, 6.07) is 3.30. The van der Waals surface area contributed by atoms with Gasteiger partial charge in [-0.1, -0.05) is 0 Å². The molecule has 0 bridgehead atoms. The van der Waals surface area contributed by atoms with E-state index in [0.717, 1.165) is 13.1 Å². The average molecular weight is 236 g/mol. The van der Waals surface area contributed by atoms with E-state index >= 15 is 0 Å². The molecule has 96 valence electrons. The molecule has 0 aromatic carbocycles. The van der Waals surface area contributed by atoms with Gasteiger partial charge in [0, 0.05) is 25.3 Å². The molecule has 17 heavy (non-hydrogen) atoms. The summed E-state index contributed by atoms with van der Waals surface area (Å²) in [5, 5.41) is 7.71. The molecule has 0 radical (unpaired) electrons. The van der Waals surface area contributed by atoms with Crippen LogP contribution in [0, 0.1) is 0 Å². The van der Waals surface area contributed by atoms with Crippen LogP contribution in [-0.2, 0) is 6.54 Å². The lowest BCUT2D eigenvalue weighted by Gasteiger charge is -2.36. The second-order valence-corrected chi connectivity index (χ2v) is 5.18. The first kappa shape index (κ1) is 12.6. The molecular weight excluding hydrogens is 212 g/mol. The van der Waals surface area contributed by atoms with Gasteiger partial charge in [-0.15, -0.1) is 0 Å². The summed E-state index contributed by atoms with van der Waals surface area (Å²) in [6.07, 6.45) is 4.45. The Labute approximate surface area is 104 Å². The van der Waals surface area contributed by atoms with Crippen molar-refractivity contribution in [2.75, 3.05) is 20.1 Å². The van der Waals surface area contributed by atoms with Crippen LogP contribution in [0.5, 0.6) is 0 Å². The molecule has 1 aliphatic heterocycles. The summed E-state index contributed by atoms with van der Waals surface area (Å²) in [5.74, 6) is 0. The van der Waals surface area contributed by atoms with Crippen LogP contribution in [0.4, 0.5) is 0 Å². The van der Waals surface area contributed by atoms with Crippen LogP contribution in [-0.4, -0.2) is 40.9 Å². The molecule has 0 spiro atoms. The van der Waals surface area contributed by atoms with Crippen LogP contribution in [0.1, 0.15) is 38.4 Å². The molecule has 1 N–H and O–H groups in total. The van der Waals surface area contributed by atoms with Crippen molar-refractivity contribution in [3.05, 3.63) is 18.0 Å². The lowest BCUT2D eigenvalue weighted by molar-refractivity contribution is 0.135. The number of piperidine rings is 1. The molecule has 1 aromatic rings. The molecular formula is C13H24N4. The fourth-order valence-corrected chi connectivity index (χ4v) is 2.64. The quantitative estimate of drug-likeness (QED) is 0.863. The number of hydrogen-bond acceptors (Lipinski definition) is 3. The van der Waals surface area contributed by atoms with Gasteiger partial charge >= 0.3 is 0 Å². The Morgan fingerprint density at radius 3 is 3.06 bits per heavy atom. The minimum Gasteiger partial charge on any atom is -0.314 e. The number of nitrogens with one attached hydrogen (secondary N) is 1. The maximum atomic E-state index is 4.50. The summed E-state index contributed by atoms with van der Waals surface area (Å²) in [7, 11) is 1.98. The molecule has 1 aliphatic rings. The van der Waals surface area contributed by atoms with Gasteiger partial charge in [-0.2, -0.15) is 5.10 Å². The van der Waals surface area contributed by atoms with Crippen LogP contribution in [0.3, 0.4) is 0 Å². The van der Waals surface area contributed by atoms with E-state index in [1.54, 1.807) is 0 Å². The van der Waals surface area contributed by atoms with Crippen LogP contribution in [0.25, 0.3) is 0 Å². The first-order valence-electron chi connectivity index (χ1n) is 6.63. The third-order valence-corrected chi connectivity index (χ3v) is 3.61. The number of nitrogens with zero attached hydrogens (tertiary/aromatic N) is 3. The van der Waals surface area contributed by atoms with E-state index in [0.29, 0.717) is 12.1 Å². The Bertz CT molecular complexity index is 345. The van der Waals surface area contributed by atoms with Gasteiger partial charge < -0.3 is 5.32 Å². The molecule has 1 aromatic heterocycles. The molecule has 2 heterocycles. The van der Waals surface area contributed by atoms with Crippen LogP contribution >= 0.6 is 0 Å². The molecule has 0 saturated carbocycles. The van der Waals surface area contributed by atoms with Crippen molar-refractivity contribution in [2.24, 2.45) is 0 Å². The molecule has 4 heteroatoms. The summed E-state index contributed by atoms with van der Waals surface area (Å²) < 4.78 is 2.21. The highest BCUT2D eigenvalue weighted by Gasteiger charge is 2.24. The molecule has 1 fully saturated rings. The predicted molar refractivity (Wildman–Crippen MR) is 70.0 cm³/mol. The first-order chi connectivity index (χ1) is 8.22. The smallest absolute Gasteiger partial charge is 0.0650 e. The zero-order chi connectivity index (χ0) is 12.3. The fourth-order valence-electron chi connectivity index (χ4n) is 2.64. The monoisotopic (exact) mass is 236 g/mol. The number of hydrogen-bond donors (Lipinski definition) is 1. The lowest BCUT2D eigenvalue weighted by Crippen LogP contribution is -2.41. The van der Waals surface area contributed by atoms with Gasteiger partial charge in [0.1, 0.15) is 0 Å². The van der Waals surface area contributed by atoms with Gasteiger partial charge in [0.05, 0.1) is 11.7 Å². The van der Waals surface area contributed by atoms with E-state index in [4.69, 9.17) is 0 Å². The van der Waals surface area contributed by atoms with Crippen molar-refractivity contribution < 1.29 is 0 Å². The van der Waals surface area contributed by atoms with Gasteiger partial charge in [-0.25, -0.2) is 0 Å².